The molecule has 0 spiro atoms. The Hall–Kier alpha value is -1.39. The number of amides is 1. The number of nitrogens with zero attached hydrogens (tertiary/aromatic N) is 3. The molecule has 3 aliphatic carbocycles. The van der Waals surface area contributed by atoms with Crippen molar-refractivity contribution in [3.8, 4) is 0 Å². The molecule has 4 rings (SSSR count). The van der Waals surface area contributed by atoms with Gasteiger partial charge in [-0.15, -0.1) is 0 Å². The van der Waals surface area contributed by atoms with Crippen LogP contribution in [0.25, 0.3) is 0 Å². The second kappa shape index (κ2) is 5.07. The maximum Gasteiger partial charge on any atom is 0.230 e. The standard InChI is InChI=1S/C17H25N3O2/c1-9(2)20(3)17(21)14-12-7-6-11(8-12)13(14)16-18-15(19-22-16)10-4-5-10/h9-14H,4-8H2,1-3H3/t11-,12+,13+,14+/m1/s1. The van der Waals surface area contributed by atoms with Crippen molar-refractivity contribution in [3.63, 3.8) is 0 Å². The molecule has 0 saturated heterocycles. The molecule has 0 unspecified atom stereocenters. The SMILES string of the molecule is CC(C)N(C)C(=O)[C@H]1[C@H]2CC[C@H](C2)[C@@H]1c1nc(C2CC2)no1. The fourth-order valence-corrected chi connectivity index (χ4v) is 4.38. The normalized spacial score (nSPS) is 33.6. The molecule has 1 aromatic heterocycles. The highest BCUT2D eigenvalue weighted by Gasteiger charge is 2.54. The fraction of sp³-hybridized carbons (Fsp3) is 0.824. The van der Waals surface area contributed by atoms with Crippen LogP contribution in [0.15, 0.2) is 4.52 Å². The maximum absolute atomic E-state index is 12.9. The Kier molecular flexibility index (Phi) is 3.27. The molecule has 3 fully saturated rings. The van der Waals surface area contributed by atoms with Gasteiger partial charge in [-0.3, -0.25) is 4.79 Å². The zero-order valence-corrected chi connectivity index (χ0v) is 13.7. The minimum atomic E-state index is 0.0404. The number of hydrogen-bond donors (Lipinski definition) is 0. The smallest absolute Gasteiger partial charge is 0.230 e. The Labute approximate surface area is 131 Å². The molecule has 2 bridgehead atoms. The van der Waals surface area contributed by atoms with Crippen molar-refractivity contribution in [2.24, 2.45) is 17.8 Å². The van der Waals surface area contributed by atoms with Crippen LogP contribution in [0.5, 0.6) is 0 Å². The molecule has 5 heteroatoms. The third-order valence-electron chi connectivity index (χ3n) is 6.01. The van der Waals surface area contributed by atoms with Gasteiger partial charge in [0.05, 0.1) is 11.8 Å². The molecule has 0 aromatic carbocycles. The molecule has 1 aromatic rings. The summed E-state index contributed by atoms with van der Waals surface area (Å²) >= 11 is 0. The molecule has 0 N–H and O–H groups in total. The quantitative estimate of drug-likeness (QED) is 0.858. The van der Waals surface area contributed by atoms with Gasteiger partial charge in [-0.1, -0.05) is 5.16 Å². The summed E-state index contributed by atoms with van der Waals surface area (Å²) < 4.78 is 5.59. The van der Waals surface area contributed by atoms with Gasteiger partial charge >= 0.3 is 0 Å². The molecule has 120 valence electrons. The molecule has 22 heavy (non-hydrogen) atoms. The lowest BCUT2D eigenvalue weighted by molar-refractivity contribution is -0.138. The highest BCUT2D eigenvalue weighted by atomic mass is 16.5. The van der Waals surface area contributed by atoms with Gasteiger partial charge in [-0.2, -0.15) is 4.98 Å². The van der Waals surface area contributed by atoms with Crippen LogP contribution in [-0.4, -0.2) is 34.0 Å². The average molecular weight is 303 g/mol. The van der Waals surface area contributed by atoms with Crippen molar-refractivity contribution < 1.29 is 9.32 Å². The van der Waals surface area contributed by atoms with E-state index in [0.29, 0.717) is 17.8 Å². The fourth-order valence-electron chi connectivity index (χ4n) is 4.38. The summed E-state index contributed by atoms with van der Waals surface area (Å²) in [5.41, 5.74) is 0. The molecular weight excluding hydrogens is 278 g/mol. The van der Waals surface area contributed by atoms with Gasteiger partial charge < -0.3 is 9.42 Å². The first-order valence-corrected chi connectivity index (χ1v) is 8.66. The topological polar surface area (TPSA) is 59.2 Å². The summed E-state index contributed by atoms with van der Waals surface area (Å²) in [5, 5.41) is 4.17. The Morgan fingerprint density at radius 3 is 2.64 bits per heavy atom. The van der Waals surface area contributed by atoms with Crippen LogP contribution in [0.4, 0.5) is 0 Å². The van der Waals surface area contributed by atoms with E-state index in [4.69, 9.17) is 4.52 Å². The summed E-state index contributed by atoms with van der Waals surface area (Å²) in [5.74, 6) is 3.59. The maximum atomic E-state index is 12.9. The van der Waals surface area contributed by atoms with Crippen molar-refractivity contribution in [1.29, 1.82) is 0 Å². The lowest BCUT2D eigenvalue weighted by Crippen LogP contribution is -2.42. The van der Waals surface area contributed by atoms with E-state index in [0.717, 1.165) is 18.1 Å². The Balaban J connectivity index is 1.61. The lowest BCUT2D eigenvalue weighted by atomic mass is 9.78. The summed E-state index contributed by atoms with van der Waals surface area (Å²) in [6.07, 6.45) is 5.87. The molecule has 0 aliphatic heterocycles. The predicted octanol–water partition coefficient (Wildman–Crippen LogP) is 2.94. The molecule has 3 saturated carbocycles. The number of rotatable bonds is 4. The average Bonchev–Trinajstić information content (AvgIpc) is 2.95. The van der Waals surface area contributed by atoms with Crippen LogP contribution in [0.2, 0.25) is 0 Å². The Morgan fingerprint density at radius 2 is 1.95 bits per heavy atom. The third kappa shape index (κ3) is 2.17. The van der Waals surface area contributed by atoms with Gasteiger partial charge in [-0.25, -0.2) is 0 Å². The second-order valence-corrected chi connectivity index (χ2v) is 7.69. The van der Waals surface area contributed by atoms with E-state index in [1.807, 2.05) is 11.9 Å². The minimum Gasteiger partial charge on any atom is -0.343 e. The molecule has 5 nitrogen and oxygen atoms in total. The van der Waals surface area contributed by atoms with Gasteiger partial charge in [0.1, 0.15) is 0 Å². The van der Waals surface area contributed by atoms with E-state index in [9.17, 15) is 4.79 Å². The second-order valence-electron chi connectivity index (χ2n) is 7.69. The Bertz CT molecular complexity index is 578. The molecule has 1 heterocycles. The summed E-state index contributed by atoms with van der Waals surface area (Å²) in [6, 6.07) is 0.233. The van der Waals surface area contributed by atoms with E-state index in [1.165, 1.54) is 25.7 Å². The van der Waals surface area contributed by atoms with Crippen LogP contribution >= 0.6 is 0 Å². The van der Waals surface area contributed by atoms with E-state index in [2.05, 4.69) is 24.0 Å². The van der Waals surface area contributed by atoms with Crippen LogP contribution < -0.4 is 0 Å². The number of fused-ring (bicyclic) bond motifs is 2. The van der Waals surface area contributed by atoms with E-state index in [1.54, 1.807) is 0 Å². The molecular formula is C17H25N3O2. The van der Waals surface area contributed by atoms with Gasteiger partial charge in [-0.05, 0) is 57.8 Å². The number of aromatic nitrogens is 2. The Morgan fingerprint density at radius 1 is 1.23 bits per heavy atom. The highest BCUT2D eigenvalue weighted by Crippen LogP contribution is 2.57. The van der Waals surface area contributed by atoms with Crippen molar-refractivity contribution in [3.05, 3.63) is 11.7 Å². The molecule has 4 atom stereocenters. The third-order valence-corrected chi connectivity index (χ3v) is 6.01. The summed E-state index contributed by atoms with van der Waals surface area (Å²) in [6.45, 7) is 4.13. The molecule has 0 radical (unpaired) electrons. The van der Waals surface area contributed by atoms with Crippen molar-refractivity contribution >= 4 is 5.91 Å². The van der Waals surface area contributed by atoms with Crippen molar-refractivity contribution in [1.82, 2.24) is 15.0 Å². The first-order valence-electron chi connectivity index (χ1n) is 8.66. The van der Waals surface area contributed by atoms with Crippen LogP contribution in [0.1, 0.15) is 69.5 Å². The summed E-state index contributed by atoms with van der Waals surface area (Å²) in [7, 11) is 1.92. The largest absolute Gasteiger partial charge is 0.343 e. The van der Waals surface area contributed by atoms with Gasteiger partial charge in [0.15, 0.2) is 5.82 Å². The van der Waals surface area contributed by atoms with Gasteiger partial charge in [0.25, 0.3) is 0 Å². The van der Waals surface area contributed by atoms with Crippen LogP contribution in [-0.2, 0) is 4.79 Å². The molecule has 3 aliphatic rings. The van der Waals surface area contributed by atoms with Gasteiger partial charge in [0, 0.05) is 19.0 Å². The highest BCUT2D eigenvalue weighted by molar-refractivity contribution is 5.80. The van der Waals surface area contributed by atoms with E-state index < -0.39 is 0 Å². The molecule has 1 amide bonds. The number of carbonyl (C=O) groups is 1. The van der Waals surface area contributed by atoms with Crippen molar-refractivity contribution in [2.75, 3.05) is 7.05 Å². The zero-order valence-electron chi connectivity index (χ0n) is 13.7. The predicted molar refractivity (Wildman–Crippen MR) is 81.2 cm³/mol. The number of hydrogen-bond acceptors (Lipinski definition) is 4. The first kappa shape index (κ1) is 14.2. The van der Waals surface area contributed by atoms with E-state index >= 15 is 0 Å². The van der Waals surface area contributed by atoms with Crippen LogP contribution in [0, 0.1) is 17.8 Å². The number of carbonyl (C=O) groups excluding carboxylic acids is 1. The van der Waals surface area contributed by atoms with Crippen molar-refractivity contribution in [2.45, 2.75) is 63.8 Å². The van der Waals surface area contributed by atoms with E-state index in [-0.39, 0.29) is 23.8 Å². The minimum absolute atomic E-state index is 0.0404. The lowest BCUT2D eigenvalue weighted by Gasteiger charge is -2.32. The first-order chi connectivity index (χ1) is 10.6. The monoisotopic (exact) mass is 303 g/mol. The summed E-state index contributed by atoms with van der Waals surface area (Å²) in [4.78, 5) is 19.5. The van der Waals surface area contributed by atoms with Gasteiger partial charge in [0.2, 0.25) is 11.8 Å². The van der Waals surface area contributed by atoms with Crippen LogP contribution in [0.3, 0.4) is 0 Å². The zero-order chi connectivity index (χ0) is 15.4.